The van der Waals surface area contributed by atoms with E-state index in [9.17, 15) is 4.79 Å². The topological polar surface area (TPSA) is 47.6 Å². The van der Waals surface area contributed by atoms with E-state index in [1.54, 1.807) is 25.3 Å². The third-order valence-corrected chi connectivity index (χ3v) is 5.19. The standard InChI is InChI=1S/C24H21BrClNO3/c1-16-8-10-19(26)14-21(16)27-23(28)11-9-18-12-20(25)24(22(13-18)29-2)30-15-17-6-4-3-5-7-17/h3-14H,15H2,1-2H3,(H,27,28)/b11-9+. The number of hydrogen-bond acceptors (Lipinski definition) is 3. The lowest BCUT2D eigenvalue weighted by Crippen LogP contribution is -2.08. The van der Waals surface area contributed by atoms with Gasteiger partial charge >= 0.3 is 0 Å². The van der Waals surface area contributed by atoms with E-state index in [1.807, 2.05) is 55.5 Å². The van der Waals surface area contributed by atoms with Crippen LogP contribution >= 0.6 is 27.5 Å². The summed E-state index contributed by atoms with van der Waals surface area (Å²) in [6.45, 7) is 2.33. The van der Waals surface area contributed by atoms with Crippen LogP contribution in [0.4, 0.5) is 5.69 Å². The summed E-state index contributed by atoms with van der Waals surface area (Å²) in [7, 11) is 1.58. The first-order valence-corrected chi connectivity index (χ1v) is 10.4. The van der Waals surface area contributed by atoms with Gasteiger partial charge in [-0.1, -0.05) is 48.0 Å². The minimum absolute atomic E-state index is 0.250. The highest BCUT2D eigenvalue weighted by molar-refractivity contribution is 9.10. The van der Waals surface area contributed by atoms with Gasteiger partial charge in [0, 0.05) is 16.8 Å². The van der Waals surface area contributed by atoms with Crippen molar-refractivity contribution in [3.8, 4) is 11.5 Å². The number of carbonyl (C=O) groups is 1. The third kappa shape index (κ3) is 5.88. The van der Waals surface area contributed by atoms with Crippen molar-refractivity contribution in [2.24, 2.45) is 0 Å². The number of hydrogen-bond donors (Lipinski definition) is 1. The van der Waals surface area contributed by atoms with Gasteiger partial charge in [-0.15, -0.1) is 0 Å². The highest BCUT2D eigenvalue weighted by Crippen LogP contribution is 2.37. The van der Waals surface area contributed by atoms with Crippen molar-refractivity contribution in [3.05, 3.63) is 92.9 Å². The van der Waals surface area contributed by atoms with Gasteiger partial charge in [0.2, 0.25) is 5.91 Å². The summed E-state index contributed by atoms with van der Waals surface area (Å²) in [5.74, 6) is 0.934. The number of carbonyl (C=O) groups excluding carboxylic acids is 1. The van der Waals surface area contributed by atoms with E-state index in [0.717, 1.165) is 21.2 Å². The number of methoxy groups -OCH3 is 1. The highest BCUT2D eigenvalue weighted by atomic mass is 79.9. The Bertz CT molecular complexity index is 1070. The molecule has 0 aliphatic rings. The Morgan fingerprint density at radius 3 is 2.63 bits per heavy atom. The molecule has 0 radical (unpaired) electrons. The summed E-state index contributed by atoms with van der Waals surface area (Å²) in [5.41, 5.74) is 3.47. The Hall–Kier alpha value is -2.76. The van der Waals surface area contributed by atoms with Crippen molar-refractivity contribution in [3.63, 3.8) is 0 Å². The molecule has 30 heavy (non-hydrogen) atoms. The molecule has 0 fully saturated rings. The first kappa shape index (κ1) is 21.9. The van der Waals surface area contributed by atoms with Gasteiger partial charge in [0.05, 0.1) is 11.6 Å². The molecular formula is C24H21BrClNO3. The minimum atomic E-state index is -0.250. The lowest BCUT2D eigenvalue weighted by Gasteiger charge is -2.13. The Morgan fingerprint density at radius 2 is 1.90 bits per heavy atom. The van der Waals surface area contributed by atoms with E-state index in [0.29, 0.717) is 28.8 Å². The minimum Gasteiger partial charge on any atom is -0.493 e. The Morgan fingerprint density at radius 1 is 1.13 bits per heavy atom. The van der Waals surface area contributed by atoms with Crippen LogP contribution in [0.25, 0.3) is 6.08 Å². The van der Waals surface area contributed by atoms with E-state index in [4.69, 9.17) is 21.1 Å². The largest absolute Gasteiger partial charge is 0.493 e. The van der Waals surface area contributed by atoms with Crippen LogP contribution in [-0.2, 0) is 11.4 Å². The molecule has 0 unspecified atom stereocenters. The molecule has 0 aromatic heterocycles. The van der Waals surface area contributed by atoms with Gasteiger partial charge in [0.15, 0.2) is 11.5 Å². The van der Waals surface area contributed by atoms with Gasteiger partial charge in [0.1, 0.15) is 6.61 Å². The van der Waals surface area contributed by atoms with Crippen LogP contribution in [0.5, 0.6) is 11.5 Å². The summed E-state index contributed by atoms with van der Waals surface area (Å²) in [6, 6.07) is 19.0. The predicted molar refractivity (Wildman–Crippen MR) is 125 cm³/mol. The molecule has 0 heterocycles. The van der Waals surface area contributed by atoms with Crippen LogP contribution in [0.2, 0.25) is 5.02 Å². The molecule has 0 atom stereocenters. The van der Waals surface area contributed by atoms with Gasteiger partial charge in [-0.05, 0) is 69.9 Å². The molecule has 3 aromatic rings. The Labute approximate surface area is 189 Å². The average molecular weight is 487 g/mol. The fourth-order valence-electron chi connectivity index (χ4n) is 2.78. The smallest absolute Gasteiger partial charge is 0.248 e. The number of halogens is 2. The van der Waals surface area contributed by atoms with Gasteiger partial charge < -0.3 is 14.8 Å². The normalized spacial score (nSPS) is 10.8. The Kier molecular flexibility index (Phi) is 7.55. The van der Waals surface area contributed by atoms with Crippen LogP contribution < -0.4 is 14.8 Å². The van der Waals surface area contributed by atoms with E-state index >= 15 is 0 Å². The number of rotatable bonds is 7. The summed E-state index contributed by atoms with van der Waals surface area (Å²) in [5, 5.41) is 3.41. The van der Waals surface area contributed by atoms with E-state index in [-0.39, 0.29) is 5.91 Å². The van der Waals surface area contributed by atoms with Crippen molar-refractivity contribution in [2.45, 2.75) is 13.5 Å². The van der Waals surface area contributed by atoms with E-state index in [2.05, 4.69) is 21.2 Å². The van der Waals surface area contributed by atoms with Crippen molar-refractivity contribution < 1.29 is 14.3 Å². The van der Waals surface area contributed by atoms with Crippen molar-refractivity contribution in [2.75, 3.05) is 12.4 Å². The van der Waals surface area contributed by atoms with Gasteiger partial charge in [-0.25, -0.2) is 0 Å². The summed E-state index contributed by atoms with van der Waals surface area (Å²) < 4.78 is 12.2. The third-order valence-electron chi connectivity index (χ3n) is 4.36. The van der Waals surface area contributed by atoms with Crippen LogP contribution in [0.15, 0.2) is 71.2 Å². The molecule has 6 heteroatoms. The molecule has 4 nitrogen and oxygen atoms in total. The van der Waals surface area contributed by atoms with Gasteiger partial charge in [-0.3, -0.25) is 4.79 Å². The number of amides is 1. The first-order valence-electron chi connectivity index (χ1n) is 9.25. The molecule has 0 saturated carbocycles. The monoisotopic (exact) mass is 485 g/mol. The summed E-state index contributed by atoms with van der Waals surface area (Å²) in [4.78, 5) is 12.3. The molecule has 0 bridgehead atoms. The lowest BCUT2D eigenvalue weighted by atomic mass is 10.1. The van der Waals surface area contributed by atoms with E-state index in [1.165, 1.54) is 6.08 Å². The molecule has 0 aliphatic carbocycles. The zero-order valence-electron chi connectivity index (χ0n) is 16.6. The molecule has 0 aliphatic heterocycles. The summed E-state index contributed by atoms with van der Waals surface area (Å²) >= 11 is 9.54. The zero-order chi connectivity index (χ0) is 21.5. The van der Waals surface area contributed by atoms with Gasteiger partial charge in [0.25, 0.3) is 0 Å². The Balaban J connectivity index is 1.72. The number of benzene rings is 3. The number of ether oxygens (including phenoxy) is 2. The molecule has 0 saturated heterocycles. The number of aryl methyl sites for hydroxylation is 1. The molecule has 1 N–H and O–H groups in total. The van der Waals surface area contributed by atoms with Crippen molar-refractivity contribution in [1.82, 2.24) is 0 Å². The van der Waals surface area contributed by atoms with Crippen LogP contribution in [0.1, 0.15) is 16.7 Å². The molecular weight excluding hydrogens is 466 g/mol. The highest BCUT2D eigenvalue weighted by Gasteiger charge is 2.11. The number of nitrogens with one attached hydrogen (secondary N) is 1. The second-order valence-corrected chi connectivity index (χ2v) is 7.88. The van der Waals surface area contributed by atoms with Gasteiger partial charge in [-0.2, -0.15) is 0 Å². The molecule has 1 amide bonds. The second-order valence-electron chi connectivity index (χ2n) is 6.59. The fraction of sp³-hybridized carbons (Fsp3) is 0.125. The lowest BCUT2D eigenvalue weighted by molar-refractivity contribution is -0.111. The van der Waals surface area contributed by atoms with Crippen LogP contribution in [0, 0.1) is 6.92 Å². The molecule has 154 valence electrons. The predicted octanol–water partition coefficient (Wildman–Crippen LogP) is 6.65. The van der Waals surface area contributed by atoms with Crippen LogP contribution in [0.3, 0.4) is 0 Å². The van der Waals surface area contributed by atoms with Crippen molar-refractivity contribution in [1.29, 1.82) is 0 Å². The summed E-state index contributed by atoms with van der Waals surface area (Å²) in [6.07, 6.45) is 3.18. The maximum Gasteiger partial charge on any atom is 0.248 e. The molecule has 0 spiro atoms. The fourth-order valence-corrected chi connectivity index (χ4v) is 3.53. The average Bonchev–Trinajstić information content (AvgIpc) is 2.74. The molecule has 3 rings (SSSR count). The maximum absolute atomic E-state index is 12.3. The van der Waals surface area contributed by atoms with Crippen molar-refractivity contribution >= 4 is 45.2 Å². The zero-order valence-corrected chi connectivity index (χ0v) is 19.0. The first-order chi connectivity index (χ1) is 14.5. The quantitative estimate of drug-likeness (QED) is 0.380. The second kappa shape index (κ2) is 10.3. The maximum atomic E-state index is 12.3. The van der Waals surface area contributed by atoms with Crippen LogP contribution in [-0.4, -0.2) is 13.0 Å². The number of anilines is 1. The van der Waals surface area contributed by atoms with E-state index < -0.39 is 0 Å². The molecule has 3 aromatic carbocycles. The SMILES string of the molecule is COc1cc(/C=C/C(=O)Nc2cc(Cl)ccc2C)cc(Br)c1OCc1ccccc1.